The molecule has 2 amide bonds. The second kappa shape index (κ2) is 13.0. The Kier molecular flexibility index (Phi) is 9.23. The lowest BCUT2D eigenvalue weighted by Crippen LogP contribution is -2.38. The monoisotopic (exact) mass is 635 g/mol. The van der Waals surface area contributed by atoms with Gasteiger partial charge in [0.15, 0.2) is 0 Å². The number of aliphatic hydroxyl groups is 1. The van der Waals surface area contributed by atoms with Crippen LogP contribution in [0.5, 0.6) is 5.75 Å². The van der Waals surface area contributed by atoms with Crippen LogP contribution in [0.1, 0.15) is 43.0 Å². The highest BCUT2D eigenvalue weighted by Crippen LogP contribution is 2.35. The molecule has 238 valence electrons. The molecule has 0 unspecified atom stereocenters. The summed E-state index contributed by atoms with van der Waals surface area (Å²) >= 11 is 0. The molecule has 2 aliphatic rings. The number of aliphatic imine (C=N–C) groups is 1. The largest absolute Gasteiger partial charge is 0.491 e. The summed E-state index contributed by atoms with van der Waals surface area (Å²) in [4.78, 5) is 49.6. The molecule has 3 aromatic rings. The highest BCUT2D eigenvalue weighted by atomic mass is 32.2. The third-order valence-corrected chi connectivity index (χ3v) is 8.80. The Morgan fingerprint density at radius 1 is 1.09 bits per heavy atom. The van der Waals surface area contributed by atoms with Gasteiger partial charge in [0.05, 0.1) is 39.5 Å². The fraction of sp³-hybridized carbons (Fsp3) is 0.375. The van der Waals surface area contributed by atoms with Crippen molar-refractivity contribution in [2.45, 2.75) is 26.4 Å². The fourth-order valence-corrected chi connectivity index (χ4v) is 6.02. The maximum Gasteiger partial charge on any atom is 0.261 e. The molecule has 0 spiro atoms. The lowest BCUT2D eigenvalue weighted by molar-refractivity contribution is 0.0642. The van der Waals surface area contributed by atoms with E-state index in [4.69, 9.17) is 4.74 Å². The molecule has 0 saturated carbocycles. The number of imide groups is 1. The summed E-state index contributed by atoms with van der Waals surface area (Å²) in [7, 11) is -1.38. The first-order valence-electron chi connectivity index (χ1n) is 14.6. The van der Waals surface area contributed by atoms with Crippen LogP contribution in [-0.4, -0.2) is 104 Å². The first-order chi connectivity index (χ1) is 21.3. The summed E-state index contributed by atoms with van der Waals surface area (Å²) in [5.41, 5.74) is 4.76. The van der Waals surface area contributed by atoms with Gasteiger partial charge >= 0.3 is 0 Å². The third kappa shape index (κ3) is 7.32. The van der Waals surface area contributed by atoms with Crippen molar-refractivity contribution in [3.63, 3.8) is 0 Å². The number of ether oxygens (including phenoxy) is 1. The Morgan fingerprint density at radius 2 is 1.82 bits per heavy atom. The molecule has 1 atom stereocenters. The SMILES string of the molecule is Cc1ccc(OC[C@H](O)CNc2cc[nH]c(=O)c2C2=Nc3cc4c(cc3C2)C(=O)N(CCN(C)CCS(C)(=O)=O)C4=O)c(C)c1. The topological polar surface area (TPSA) is 161 Å². The molecule has 5 rings (SSSR count). The van der Waals surface area contributed by atoms with E-state index in [1.54, 1.807) is 30.1 Å². The summed E-state index contributed by atoms with van der Waals surface area (Å²) in [6.07, 6.45) is 2.09. The summed E-state index contributed by atoms with van der Waals surface area (Å²) in [6, 6.07) is 10.8. The van der Waals surface area contributed by atoms with Gasteiger partial charge in [-0.15, -0.1) is 0 Å². The van der Waals surface area contributed by atoms with Gasteiger partial charge in [-0.2, -0.15) is 0 Å². The Bertz CT molecular complexity index is 1850. The molecular formula is C32H37N5O7S. The predicted molar refractivity (Wildman–Crippen MR) is 172 cm³/mol. The van der Waals surface area contributed by atoms with Gasteiger partial charge in [0.2, 0.25) is 0 Å². The van der Waals surface area contributed by atoms with Crippen molar-refractivity contribution >= 4 is 38.7 Å². The van der Waals surface area contributed by atoms with Crippen LogP contribution in [0.3, 0.4) is 0 Å². The Hall–Kier alpha value is -4.33. The standard InChI is InChI=1S/C32H37N5O7S/c1-19-5-6-28(20(2)13-19)44-18-22(38)17-34-25-7-8-33-30(39)29(25)27-15-21-14-23-24(16-26(21)35-27)32(41)37(31(23)40)10-9-36(3)11-12-45(4,42)43/h5-8,13-14,16,22,38H,9-12,15,17-18H2,1-4H3,(H2,33,34,39)/t22-/m1/s1. The number of hydrogen-bond donors (Lipinski definition) is 3. The molecule has 0 bridgehead atoms. The quantitative estimate of drug-likeness (QED) is 0.239. The number of amides is 2. The zero-order valence-corrected chi connectivity index (χ0v) is 26.5. The van der Waals surface area contributed by atoms with Crippen LogP contribution in [0.2, 0.25) is 0 Å². The third-order valence-electron chi connectivity index (χ3n) is 7.87. The van der Waals surface area contributed by atoms with Crippen LogP contribution in [0.15, 0.2) is 52.4 Å². The maximum atomic E-state index is 13.2. The van der Waals surface area contributed by atoms with E-state index in [0.717, 1.165) is 11.1 Å². The van der Waals surface area contributed by atoms with Crippen molar-refractivity contribution in [1.29, 1.82) is 0 Å². The van der Waals surface area contributed by atoms with Crippen LogP contribution >= 0.6 is 0 Å². The second-order valence-corrected chi connectivity index (χ2v) is 13.9. The van der Waals surface area contributed by atoms with E-state index in [0.29, 0.717) is 47.1 Å². The number of aryl methyl sites for hydroxylation is 2. The van der Waals surface area contributed by atoms with Crippen LogP contribution in [0.4, 0.5) is 11.4 Å². The molecule has 45 heavy (non-hydrogen) atoms. The number of fused-ring (bicyclic) bond motifs is 2. The van der Waals surface area contributed by atoms with E-state index in [-0.39, 0.29) is 48.6 Å². The minimum Gasteiger partial charge on any atom is -0.491 e. The number of aliphatic hydroxyl groups excluding tert-OH is 1. The Morgan fingerprint density at radius 3 is 2.53 bits per heavy atom. The molecule has 1 aromatic heterocycles. The van der Waals surface area contributed by atoms with Gasteiger partial charge in [0, 0.05) is 45.1 Å². The number of aromatic amines is 1. The second-order valence-electron chi connectivity index (χ2n) is 11.7. The average molecular weight is 636 g/mol. The van der Waals surface area contributed by atoms with Gasteiger partial charge in [-0.1, -0.05) is 17.7 Å². The number of carbonyl (C=O) groups excluding carboxylic acids is 2. The predicted octanol–water partition coefficient (Wildman–Crippen LogP) is 2.09. The minimum atomic E-state index is -3.12. The molecule has 0 radical (unpaired) electrons. The van der Waals surface area contributed by atoms with Crippen molar-refractivity contribution in [3.8, 4) is 5.75 Å². The zero-order valence-electron chi connectivity index (χ0n) is 25.7. The number of carbonyl (C=O) groups is 2. The van der Waals surface area contributed by atoms with Crippen molar-refractivity contribution in [1.82, 2.24) is 14.8 Å². The minimum absolute atomic E-state index is 0.0110. The van der Waals surface area contributed by atoms with Crippen LogP contribution in [0, 0.1) is 13.8 Å². The van der Waals surface area contributed by atoms with Crippen LogP contribution in [0.25, 0.3) is 0 Å². The smallest absolute Gasteiger partial charge is 0.261 e. The molecule has 0 fully saturated rings. The van der Waals surface area contributed by atoms with E-state index < -0.39 is 27.8 Å². The number of pyridine rings is 1. The number of rotatable bonds is 13. The van der Waals surface area contributed by atoms with Crippen molar-refractivity contribution in [2.24, 2.45) is 4.99 Å². The van der Waals surface area contributed by atoms with Gasteiger partial charge in [0.1, 0.15) is 28.3 Å². The number of sulfone groups is 1. The summed E-state index contributed by atoms with van der Waals surface area (Å²) < 4.78 is 28.7. The number of nitrogens with one attached hydrogen (secondary N) is 2. The summed E-state index contributed by atoms with van der Waals surface area (Å²) in [5.74, 6) is -0.170. The molecular weight excluding hydrogens is 598 g/mol. The molecule has 0 aliphatic carbocycles. The van der Waals surface area contributed by atoms with Crippen molar-refractivity contribution < 1.29 is 27.9 Å². The first kappa shape index (κ1) is 32.1. The Labute approximate surface area is 261 Å². The molecule has 3 N–H and O–H groups in total. The number of benzene rings is 2. The molecule has 13 heteroatoms. The average Bonchev–Trinajstić information content (AvgIpc) is 3.49. The Balaban J connectivity index is 1.26. The summed E-state index contributed by atoms with van der Waals surface area (Å²) in [6.45, 7) is 4.88. The van der Waals surface area contributed by atoms with Gasteiger partial charge in [-0.3, -0.25) is 24.3 Å². The number of anilines is 1. The van der Waals surface area contributed by atoms with Gasteiger partial charge in [0.25, 0.3) is 17.4 Å². The van der Waals surface area contributed by atoms with Crippen LogP contribution in [-0.2, 0) is 16.3 Å². The van der Waals surface area contributed by atoms with E-state index in [9.17, 15) is 27.9 Å². The highest BCUT2D eigenvalue weighted by molar-refractivity contribution is 7.90. The first-order valence-corrected chi connectivity index (χ1v) is 16.7. The molecule has 2 aliphatic heterocycles. The van der Waals surface area contributed by atoms with Gasteiger partial charge < -0.3 is 25.0 Å². The van der Waals surface area contributed by atoms with E-state index in [1.807, 2.05) is 32.0 Å². The molecule has 2 aromatic carbocycles. The fourth-order valence-electron chi connectivity index (χ4n) is 5.38. The molecule has 3 heterocycles. The number of nitrogens with zero attached hydrogens (tertiary/aromatic N) is 3. The summed E-state index contributed by atoms with van der Waals surface area (Å²) in [5, 5.41) is 13.7. The number of H-pyrrole nitrogens is 1. The lowest BCUT2D eigenvalue weighted by atomic mass is 10.00. The van der Waals surface area contributed by atoms with Gasteiger partial charge in [-0.25, -0.2) is 8.42 Å². The molecule has 0 saturated heterocycles. The van der Waals surface area contributed by atoms with E-state index in [1.165, 1.54) is 17.4 Å². The van der Waals surface area contributed by atoms with E-state index in [2.05, 4.69) is 15.3 Å². The van der Waals surface area contributed by atoms with Crippen molar-refractivity contribution in [3.05, 3.63) is 86.3 Å². The number of hydrogen-bond acceptors (Lipinski definition) is 10. The van der Waals surface area contributed by atoms with E-state index >= 15 is 0 Å². The zero-order chi connectivity index (χ0) is 32.5. The maximum absolute atomic E-state index is 13.2. The molecule has 12 nitrogen and oxygen atoms in total. The normalized spacial score (nSPS) is 14.9. The lowest BCUT2D eigenvalue weighted by Gasteiger charge is -2.20. The number of aromatic nitrogens is 1. The van der Waals surface area contributed by atoms with Crippen molar-refractivity contribution in [2.75, 3.05) is 57.2 Å². The highest BCUT2D eigenvalue weighted by Gasteiger charge is 2.37. The van der Waals surface area contributed by atoms with Crippen LogP contribution < -0.4 is 15.6 Å². The van der Waals surface area contributed by atoms with Gasteiger partial charge in [-0.05, 0) is 56.3 Å². The number of likely N-dealkylation sites (N-methyl/N-ethyl adjacent to an activating group) is 1.